The number of halogens is 3. The fourth-order valence-electron chi connectivity index (χ4n) is 2.71. The van der Waals surface area contributed by atoms with E-state index in [2.05, 4.69) is 0 Å². The number of hydrogen-bond acceptors (Lipinski definition) is 3. The number of likely N-dealkylation sites (tertiary alicyclic amines) is 1. The molecule has 7 heteroatoms. The molecule has 0 saturated carbocycles. The van der Waals surface area contributed by atoms with Crippen LogP contribution in [0.1, 0.15) is 29.6 Å². The van der Waals surface area contributed by atoms with Gasteiger partial charge in [-0.3, -0.25) is 4.79 Å². The highest BCUT2D eigenvalue weighted by Gasteiger charge is 2.46. The maximum absolute atomic E-state index is 13.0. The maximum atomic E-state index is 13.0. The Bertz CT molecular complexity index is 559. The minimum absolute atomic E-state index is 0.0419. The van der Waals surface area contributed by atoms with E-state index in [1.807, 2.05) is 0 Å². The Hall–Kier alpha value is -1.92. The fourth-order valence-corrected chi connectivity index (χ4v) is 2.71. The Morgan fingerprint density at radius 2 is 1.95 bits per heavy atom. The maximum Gasteiger partial charge on any atom is 0.408 e. The Labute approximate surface area is 119 Å². The summed E-state index contributed by atoms with van der Waals surface area (Å²) in [5, 5.41) is 0. The number of hydrogen-bond donors (Lipinski definition) is 0. The molecule has 2 aliphatic heterocycles. The van der Waals surface area contributed by atoms with Gasteiger partial charge in [0, 0.05) is 12.1 Å². The van der Waals surface area contributed by atoms with Gasteiger partial charge in [-0.2, -0.15) is 13.2 Å². The third-order valence-electron chi connectivity index (χ3n) is 3.76. The average molecular weight is 301 g/mol. The van der Waals surface area contributed by atoms with Crippen molar-refractivity contribution in [1.29, 1.82) is 0 Å². The lowest BCUT2D eigenvalue weighted by atomic mass is 10.00. The van der Waals surface area contributed by atoms with Crippen molar-refractivity contribution in [3.05, 3.63) is 23.8 Å². The van der Waals surface area contributed by atoms with Crippen molar-refractivity contribution in [2.24, 2.45) is 0 Å². The number of ether oxygens (including phenoxy) is 2. The monoisotopic (exact) mass is 301 g/mol. The highest BCUT2D eigenvalue weighted by atomic mass is 19.4. The number of piperidine rings is 1. The molecule has 0 bridgehead atoms. The third kappa shape index (κ3) is 2.64. The molecule has 0 radical (unpaired) electrons. The standard InChI is InChI=1S/C14H14F3NO3/c15-14(16,17)12-3-1-2-6-18(12)13(19)9-4-5-10-11(7-9)21-8-20-10/h4-5,7,12H,1-3,6,8H2. The van der Waals surface area contributed by atoms with Gasteiger partial charge in [-0.25, -0.2) is 0 Å². The Balaban J connectivity index is 1.86. The van der Waals surface area contributed by atoms with Crippen LogP contribution < -0.4 is 9.47 Å². The van der Waals surface area contributed by atoms with Crippen molar-refractivity contribution in [2.75, 3.05) is 13.3 Å². The quantitative estimate of drug-likeness (QED) is 0.800. The molecule has 2 aliphatic rings. The molecular formula is C14H14F3NO3. The molecule has 0 aromatic heterocycles. The van der Waals surface area contributed by atoms with E-state index >= 15 is 0 Å². The summed E-state index contributed by atoms with van der Waals surface area (Å²) in [7, 11) is 0. The van der Waals surface area contributed by atoms with Gasteiger partial charge in [0.2, 0.25) is 6.79 Å². The molecular weight excluding hydrogens is 287 g/mol. The number of benzene rings is 1. The predicted octanol–water partition coefficient (Wildman–Crippen LogP) is 2.97. The van der Waals surface area contributed by atoms with Crippen molar-refractivity contribution in [2.45, 2.75) is 31.5 Å². The van der Waals surface area contributed by atoms with Gasteiger partial charge in [0.25, 0.3) is 5.91 Å². The highest BCUT2D eigenvalue weighted by molar-refractivity contribution is 5.95. The second kappa shape index (κ2) is 5.13. The van der Waals surface area contributed by atoms with Gasteiger partial charge in [-0.1, -0.05) is 0 Å². The third-order valence-corrected chi connectivity index (χ3v) is 3.76. The molecule has 1 aromatic carbocycles. The molecule has 1 aromatic rings. The average Bonchev–Trinajstić information content (AvgIpc) is 2.93. The van der Waals surface area contributed by atoms with Crippen LogP contribution in [-0.4, -0.2) is 36.4 Å². The number of carbonyl (C=O) groups excluding carboxylic acids is 1. The van der Waals surface area contributed by atoms with Gasteiger partial charge in [0.15, 0.2) is 11.5 Å². The van der Waals surface area contributed by atoms with Crippen LogP contribution in [0, 0.1) is 0 Å². The molecule has 1 atom stereocenters. The highest BCUT2D eigenvalue weighted by Crippen LogP contribution is 2.35. The van der Waals surface area contributed by atoms with E-state index in [-0.39, 0.29) is 25.3 Å². The van der Waals surface area contributed by atoms with E-state index in [1.54, 1.807) is 6.07 Å². The van der Waals surface area contributed by atoms with Crippen molar-refractivity contribution in [3.63, 3.8) is 0 Å². The van der Waals surface area contributed by atoms with Crippen LogP contribution in [-0.2, 0) is 0 Å². The summed E-state index contributed by atoms with van der Waals surface area (Å²) >= 11 is 0. The van der Waals surface area contributed by atoms with Crippen LogP contribution in [0.2, 0.25) is 0 Å². The smallest absolute Gasteiger partial charge is 0.408 e. The number of carbonyl (C=O) groups is 1. The molecule has 21 heavy (non-hydrogen) atoms. The Morgan fingerprint density at radius 1 is 1.19 bits per heavy atom. The van der Waals surface area contributed by atoms with Gasteiger partial charge < -0.3 is 14.4 Å². The normalized spacial score (nSPS) is 21.5. The van der Waals surface area contributed by atoms with Crippen molar-refractivity contribution in [1.82, 2.24) is 4.90 Å². The topological polar surface area (TPSA) is 38.8 Å². The van der Waals surface area contributed by atoms with E-state index in [4.69, 9.17) is 9.47 Å². The van der Waals surface area contributed by atoms with Crippen LogP contribution in [0.15, 0.2) is 18.2 Å². The van der Waals surface area contributed by atoms with Crippen LogP contribution >= 0.6 is 0 Å². The van der Waals surface area contributed by atoms with Crippen molar-refractivity contribution < 1.29 is 27.4 Å². The summed E-state index contributed by atoms with van der Waals surface area (Å²) in [4.78, 5) is 13.3. The molecule has 1 saturated heterocycles. The molecule has 2 heterocycles. The van der Waals surface area contributed by atoms with Gasteiger partial charge in [-0.05, 0) is 37.5 Å². The summed E-state index contributed by atoms with van der Waals surface area (Å²) in [6.07, 6.45) is -3.37. The molecule has 0 spiro atoms. The number of alkyl halides is 3. The number of amides is 1. The minimum Gasteiger partial charge on any atom is -0.454 e. The fraction of sp³-hybridized carbons (Fsp3) is 0.500. The second-order valence-electron chi connectivity index (χ2n) is 5.12. The minimum atomic E-state index is -4.40. The summed E-state index contributed by atoms with van der Waals surface area (Å²) in [6, 6.07) is 2.75. The van der Waals surface area contributed by atoms with E-state index in [0.717, 1.165) is 4.90 Å². The first-order chi connectivity index (χ1) is 9.97. The lowest BCUT2D eigenvalue weighted by molar-refractivity contribution is -0.183. The van der Waals surface area contributed by atoms with E-state index in [0.29, 0.717) is 24.3 Å². The van der Waals surface area contributed by atoms with Gasteiger partial charge in [0.05, 0.1) is 0 Å². The number of nitrogens with zero attached hydrogens (tertiary/aromatic N) is 1. The predicted molar refractivity (Wildman–Crippen MR) is 67.3 cm³/mol. The van der Waals surface area contributed by atoms with Crippen LogP contribution in [0.25, 0.3) is 0 Å². The first-order valence-electron chi connectivity index (χ1n) is 6.74. The lowest BCUT2D eigenvalue weighted by Crippen LogP contribution is -2.51. The summed E-state index contributed by atoms with van der Waals surface area (Å²) in [5.74, 6) is 0.273. The molecule has 1 unspecified atom stereocenters. The van der Waals surface area contributed by atoms with E-state index < -0.39 is 18.1 Å². The van der Waals surface area contributed by atoms with Crippen molar-refractivity contribution in [3.8, 4) is 11.5 Å². The first kappa shape index (κ1) is 14.0. The Morgan fingerprint density at radius 3 is 2.71 bits per heavy atom. The zero-order valence-electron chi connectivity index (χ0n) is 11.2. The lowest BCUT2D eigenvalue weighted by Gasteiger charge is -2.36. The van der Waals surface area contributed by atoms with Crippen LogP contribution in [0.4, 0.5) is 13.2 Å². The molecule has 0 N–H and O–H groups in total. The molecule has 114 valence electrons. The summed E-state index contributed by atoms with van der Waals surface area (Å²) < 4.78 is 49.4. The molecule has 0 aliphatic carbocycles. The van der Waals surface area contributed by atoms with E-state index in [1.165, 1.54) is 12.1 Å². The summed E-state index contributed by atoms with van der Waals surface area (Å²) in [5.41, 5.74) is 0.190. The van der Waals surface area contributed by atoms with Crippen LogP contribution in [0.3, 0.4) is 0 Å². The van der Waals surface area contributed by atoms with Gasteiger partial charge >= 0.3 is 6.18 Å². The van der Waals surface area contributed by atoms with Crippen LogP contribution in [0.5, 0.6) is 11.5 Å². The number of rotatable bonds is 1. The largest absolute Gasteiger partial charge is 0.454 e. The first-order valence-corrected chi connectivity index (χ1v) is 6.74. The molecule has 3 rings (SSSR count). The SMILES string of the molecule is O=C(c1ccc2c(c1)OCO2)N1CCCCC1C(F)(F)F. The number of fused-ring (bicyclic) bond motifs is 1. The van der Waals surface area contributed by atoms with Crippen molar-refractivity contribution >= 4 is 5.91 Å². The summed E-state index contributed by atoms with van der Waals surface area (Å²) in [6.45, 7) is 0.180. The van der Waals surface area contributed by atoms with Gasteiger partial charge in [0.1, 0.15) is 6.04 Å². The Kier molecular flexibility index (Phi) is 3.43. The zero-order chi connectivity index (χ0) is 15.0. The zero-order valence-corrected chi connectivity index (χ0v) is 11.2. The molecule has 1 amide bonds. The van der Waals surface area contributed by atoms with E-state index in [9.17, 15) is 18.0 Å². The van der Waals surface area contributed by atoms with Gasteiger partial charge in [-0.15, -0.1) is 0 Å². The second-order valence-corrected chi connectivity index (χ2v) is 5.12. The molecule has 4 nitrogen and oxygen atoms in total. The molecule has 1 fully saturated rings.